The van der Waals surface area contributed by atoms with Gasteiger partial charge in [-0.3, -0.25) is 15.0 Å². The third-order valence-electron chi connectivity index (χ3n) is 5.18. The summed E-state index contributed by atoms with van der Waals surface area (Å²) in [5, 5.41) is 3.59. The van der Waals surface area contributed by atoms with E-state index < -0.39 is 0 Å². The molecule has 2 fully saturated rings. The van der Waals surface area contributed by atoms with Crippen LogP contribution in [0.1, 0.15) is 53.9 Å². The average Bonchev–Trinajstić information content (AvgIpc) is 3.24. The first-order valence-corrected chi connectivity index (χ1v) is 8.80. The Balaban J connectivity index is 1.98. The van der Waals surface area contributed by atoms with Crippen LogP contribution >= 0.6 is 0 Å². The Morgan fingerprint density at radius 3 is 2.43 bits per heavy atom. The van der Waals surface area contributed by atoms with Gasteiger partial charge in [-0.05, 0) is 31.2 Å². The van der Waals surface area contributed by atoms with E-state index in [0.717, 1.165) is 32.1 Å². The lowest BCUT2D eigenvalue weighted by atomic mass is 9.99. The normalized spacial score (nSPS) is 28.0. The van der Waals surface area contributed by atoms with Gasteiger partial charge in [-0.1, -0.05) is 41.0 Å². The molecule has 2 aliphatic rings. The largest absolute Gasteiger partial charge is 0.324 e. The summed E-state index contributed by atoms with van der Waals surface area (Å²) in [6, 6.07) is 0.793. The van der Waals surface area contributed by atoms with Crippen LogP contribution in [0.15, 0.2) is 0 Å². The monoisotopic (exact) mass is 295 g/mol. The van der Waals surface area contributed by atoms with Crippen molar-refractivity contribution in [2.24, 2.45) is 11.8 Å². The van der Waals surface area contributed by atoms with Crippen molar-refractivity contribution >= 4 is 5.91 Å². The highest BCUT2D eigenvalue weighted by Crippen LogP contribution is 2.27. The van der Waals surface area contributed by atoms with Gasteiger partial charge in [-0.25, -0.2) is 0 Å². The predicted octanol–water partition coefficient (Wildman–Crippen LogP) is 2.30. The Hall–Kier alpha value is -0.610. The smallest absolute Gasteiger partial charge is 0.241 e. The van der Waals surface area contributed by atoms with Crippen LogP contribution in [0.5, 0.6) is 0 Å². The number of hydrogen-bond acceptors (Lipinski definition) is 3. The topological polar surface area (TPSA) is 35.6 Å². The van der Waals surface area contributed by atoms with Gasteiger partial charge in [0.1, 0.15) is 0 Å². The van der Waals surface area contributed by atoms with Gasteiger partial charge in [-0.2, -0.15) is 0 Å². The van der Waals surface area contributed by atoms with Crippen molar-refractivity contribution in [1.82, 2.24) is 15.1 Å². The molecule has 4 nitrogen and oxygen atoms in total. The molecule has 122 valence electrons. The highest BCUT2D eigenvalue weighted by molar-refractivity contribution is 5.84. The zero-order valence-corrected chi connectivity index (χ0v) is 14.4. The zero-order chi connectivity index (χ0) is 15.6. The fraction of sp³-hybridized carbons (Fsp3) is 0.941. The number of carbonyl (C=O) groups excluding carboxylic acids is 1. The molecule has 1 saturated carbocycles. The average molecular weight is 295 g/mol. The fourth-order valence-corrected chi connectivity index (χ4v) is 3.38. The molecule has 0 bridgehead atoms. The molecule has 1 heterocycles. The second kappa shape index (κ2) is 7.10. The summed E-state index contributed by atoms with van der Waals surface area (Å²) in [7, 11) is 0. The number of nitrogens with one attached hydrogen (secondary N) is 1. The van der Waals surface area contributed by atoms with Gasteiger partial charge in [0.25, 0.3) is 0 Å². The van der Waals surface area contributed by atoms with Gasteiger partial charge in [0.2, 0.25) is 5.91 Å². The lowest BCUT2D eigenvalue weighted by Crippen LogP contribution is -2.45. The minimum absolute atomic E-state index is 0.0124. The van der Waals surface area contributed by atoms with Gasteiger partial charge in [-0.15, -0.1) is 0 Å². The Morgan fingerprint density at radius 1 is 1.29 bits per heavy atom. The lowest BCUT2D eigenvalue weighted by Gasteiger charge is -2.30. The van der Waals surface area contributed by atoms with E-state index in [1.165, 1.54) is 12.8 Å². The van der Waals surface area contributed by atoms with E-state index in [1.54, 1.807) is 0 Å². The highest BCUT2D eigenvalue weighted by Gasteiger charge is 2.42. The highest BCUT2D eigenvalue weighted by atomic mass is 16.2. The molecule has 1 amide bonds. The molecular formula is C17H33N3O. The second-order valence-electron chi connectivity index (χ2n) is 7.11. The molecule has 0 aromatic carbocycles. The maximum atomic E-state index is 12.8. The molecular weight excluding hydrogens is 262 g/mol. The maximum Gasteiger partial charge on any atom is 0.241 e. The molecule has 1 aliphatic heterocycles. The van der Waals surface area contributed by atoms with Crippen LogP contribution < -0.4 is 5.32 Å². The molecule has 1 aliphatic carbocycles. The minimum Gasteiger partial charge on any atom is -0.324 e. The third-order valence-corrected chi connectivity index (χ3v) is 5.18. The van der Waals surface area contributed by atoms with Crippen LogP contribution in [0, 0.1) is 11.8 Å². The molecule has 1 saturated heterocycles. The molecule has 0 aromatic heterocycles. The van der Waals surface area contributed by atoms with E-state index in [4.69, 9.17) is 0 Å². The first-order valence-electron chi connectivity index (χ1n) is 8.80. The summed E-state index contributed by atoms with van der Waals surface area (Å²) in [5.41, 5.74) is 0. The minimum atomic E-state index is 0.0124. The summed E-state index contributed by atoms with van der Waals surface area (Å²) >= 11 is 0. The van der Waals surface area contributed by atoms with Crippen molar-refractivity contribution in [3.05, 3.63) is 0 Å². The van der Waals surface area contributed by atoms with Crippen molar-refractivity contribution in [1.29, 1.82) is 0 Å². The third kappa shape index (κ3) is 3.78. The number of carbonyl (C=O) groups is 1. The van der Waals surface area contributed by atoms with Crippen LogP contribution in [0.25, 0.3) is 0 Å². The fourth-order valence-electron chi connectivity index (χ4n) is 3.38. The Labute approximate surface area is 130 Å². The lowest BCUT2D eigenvalue weighted by molar-refractivity contribution is -0.131. The van der Waals surface area contributed by atoms with E-state index in [9.17, 15) is 4.79 Å². The van der Waals surface area contributed by atoms with Crippen LogP contribution in [0.4, 0.5) is 0 Å². The van der Waals surface area contributed by atoms with Crippen molar-refractivity contribution in [2.75, 3.05) is 19.6 Å². The standard InChI is InChI=1S/C17H33N3O/c1-6-13(5)15-17(21)20(16(18-15)12(3)4)11-10-19(7-2)14-8-9-14/h12-16,18H,6-11H2,1-5H3. The number of rotatable bonds is 8. The van der Waals surface area contributed by atoms with Crippen molar-refractivity contribution in [3.63, 3.8) is 0 Å². The maximum absolute atomic E-state index is 12.8. The van der Waals surface area contributed by atoms with Gasteiger partial charge in [0.15, 0.2) is 0 Å². The van der Waals surface area contributed by atoms with Gasteiger partial charge < -0.3 is 4.90 Å². The summed E-state index contributed by atoms with van der Waals surface area (Å²) < 4.78 is 0. The Bertz CT molecular complexity index is 354. The summed E-state index contributed by atoms with van der Waals surface area (Å²) in [6.45, 7) is 14.0. The molecule has 0 radical (unpaired) electrons. The number of likely N-dealkylation sites (N-methyl/N-ethyl adjacent to an activating group) is 1. The first kappa shape index (κ1) is 16.8. The summed E-state index contributed by atoms with van der Waals surface area (Å²) in [6.07, 6.45) is 3.92. The second-order valence-corrected chi connectivity index (χ2v) is 7.11. The molecule has 3 unspecified atom stereocenters. The molecule has 21 heavy (non-hydrogen) atoms. The number of amides is 1. The van der Waals surface area contributed by atoms with E-state index in [2.05, 4.69) is 49.7 Å². The SMILES string of the molecule is CCC(C)C1NC(C(C)C)N(CCN(CC)C2CC2)C1=O. The predicted molar refractivity (Wildman–Crippen MR) is 87.0 cm³/mol. The molecule has 3 atom stereocenters. The van der Waals surface area contributed by atoms with Gasteiger partial charge in [0.05, 0.1) is 12.2 Å². The number of nitrogens with zero attached hydrogens (tertiary/aromatic N) is 2. The van der Waals surface area contributed by atoms with Crippen molar-refractivity contribution in [2.45, 2.75) is 72.1 Å². The molecule has 0 aromatic rings. The van der Waals surface area contributed by atoms with E-state index >= 15 is 0 Å². The first-order chi connectivity index (χ1) is 9.99. The summed E-state index contributed by atoms with van der Waals surface area (Å²) in [4.78, 5) is 17.4. The van der Waals surface area contributed by atoms with Gasteiger partial charge in [0, 0.05) is 19.1 Å². The Morgan fingerprint density at radius 2 is 1.95 bits per heavy atom. The summed E-state index contributed by atoms with van der Waals surface area (Å²) in [5.74, 6) is 1.18. The van der Waals surface area contributed by atoms with E-state index in [1.807, 2.05) is 0 Å². The quantitative estimate of drug-likeness (QED) is 0.746. The van der Waals surface area contributed by atoms with Crippen LogP contribution in [-0.4, -0.2) is 53.6 Å². The van der Waals surface area contributed by atoms with Crippen LogP contribution in [0.3, 0.4) is 0 Å². The Kier molecular flexibility index (Phi) is 5.67. The van der Waals surface area contributed by atoms with Gasteiger partial charge >= 0.3 is 0 Å². The zero-order valence-electron chi connectivity index (χ0n) is 14.4. The van der Waals surface area contributed by atoms with Crippen molar-refractivity contribution in [3.8, 4) is 0 Å². The van der Waals surface area contributed by atoms with E-state index in [0.29, 0.717) is 17.7 Å². The molecule has 2 rings (SSSR count). The van der Waals surface area contributed by atoms with Crippen molar-refractivity contribution < 1.29 is 4.79 Å². The molecule has 1 N–H and O–H groups in total. The van der Waals surface area contributed by atoms with Crippen LogP contribution in [-0.2, 0) is 4.79 Å². The van der Waals surface area contributed by atoms with E-state index in [-0.39, 0.29) is 12.2 Å². The number of hydrogen-bond donors (Lipinski definition) is 1. The van der Waals surface area contributed by atoms with Crippen LogP contribution in [0.2, 0.25) is 0 Å². The molecule has 4 heteroatoms. The molecule has 0 spiro atoms.